The zero-order valence-electron chi connectivity index (χ0n) is 15.8. The Balaban J connectivity index is 1.56. The van der Waals surface area contributed by atoms with Gasteiger partial charge in [0.2, 0.25) is 0 Å². The highest BCUT2D eigenvalue weighted by Crippen LogP contribution is 2.19. The Morgan fingerprint density at radius 3 is 2.85 bits per heavy atom. The van der Waals surface area contributed by atoms with Crippen molar-refractivity contribution in [1.29, 1.82) is 0 Å². The van der Waals surface area contributed by atoms with Crippen molar-refractivity contribution in [2.45, 2.75) is 33.9 Å². The van der Waals surface area contributed by atoms with Crippen molar-refractivity contribution in [2.24, 2.45) is 5.92 Å². The maximum Gasteiger partial charge on any atom is 0.255 e. The van der Waals surface area contributed by atoms with Crippen LogP contribution in [0.15, 0.2) is 41.2 Å². The largest absolute Gasteiger partial charge is 0.486 e. The fourth-order valence-corrected chi connectivity index (χ4v) is 3.37. The summed E-state index contributed by atoms with van der Waals surface area (Å²) in [6.07, 6.45) is 0. The molecule has 0 saturated carbocycles. The molecule has 0 spiro atoms. The molecule has 2 heterocycles. The van der Waals surface area contributed by atoms with E-state index in [1.54, 1.807) is 17.6 Å². The Labute approximate surface area is 163 Å². The van der Waals surface area contributed by atoms with Crippen molar-refractivity contribution in [1.82, 2.24) is 20.1 Å². The van der Waals surface area contributed by atoms with Gasteiger partial charge in [-0.1, -0.05) is 19.1 Å². The van der Waals surface area contributed by atoms with Crippen LogP contribution in [0.4, 0.5) is 0 Å². The Morgan fingerprint density at radius 2 is 2.15 bits per heavy atom. The fourth-order valence-electron chi connectivity index (χ4n) is 2.82. The Morgan fingerprint density at radius 1 is 1.33 bits per heavy atom. The molecule has 7 heteroatoms. The Kier molecular flexibility index (Phi) is 6.24. The summed E-state index contributed by atoms with van der Waals surface area (Å²) in [7, 11) is 0. The third-order valence-corrected chi connectivity index (χ3v) is 4.83. The molecule has 27 heavy (non-hydrogen) atoms. The molecule has 0 bridgehead atoms. The van der Waals surface area contributed by atoms with Crippen molar-refractivity contribution in [3.63, 3.8) is 0 Å². The second kappa shape index (κ2) is 8.81. The van der Waals surface area contributed by atoms with E-state index in [0.717, 1.165) is 23.6 Å². The summed E-state index contributed by atoms with van der Waals surface area (Å²) in [4.78, 5) is 16.8. The van der Waals surface area contributed by atoms with E-state index in [2.05, 4.69) is 28.4 Å². The highest BCUT2D eigenvalue weighted by molar-refractivity contribution is 7.07. The fraction of sp³-hybridized carbons (Fsp3) is 0.350. The van der Waals surface area contributed by atoms with Crippen LogP contribution in [0.1, 0.15) is 34.4 Å². The van der Waals surface area contributed by atoms with Gasteiger partial charge in [0.25, 0.3) is 5.91 Å². The number of benzene rings is 1. The average molecular weight is 385 g/mol. The smallest absolute Gasteiger partial charge is 0.255 e. The van der Waals surface area contributed by atoms with E-state index < -0.39 is 0 Å². The number of nitrogens with one attached hydrogen (secondary N) is 1. The first-order chi connectivity index (χ1) is 13.0. The lowest BCUT2D eigenvalue weighted by molar-refractivity contribution is 0.0942. The van der Waals surface area contributed by atoms with Gasteiger partial charge >= 0.3 is 0 Å². The zero-order chi connectivity index (χ0) is 19.2. The minimum Gasteiger partial charge on any atom is -0.486 e. The molecule has 3 rings (SSSR count). The molecule has 3 aromatic rings. The number of carbonyl (C=O) groups excluding carboxylic acids is 1. The van der Waals surface area contributed by atoms with Gasteiger partial charge in [0.15, 0.2) is 0 Å². The molecule has 6 nitrogen and oxygen atoms in total. The summed E-state index contributed by atoms with van der Waals surface area (Å²) in [5.41, 5.74) is 5.29. The second-order valence-electron chi connectivity index (χ2n) is 6.69. The van der Waals surface area contributed by atoms with Crippen molar-refractivity contribution < 1.29 is 9.53 Å². The van der Waals surface area contributed by atoms with Gasteiger partial charge in [0, 0.05) is 24.2 Å². The number of aromatic nitrogens is 3. The lowest BCUT2D eigenvalue weighted by Crippen LogP contribution is -2.30. The summed E-state index contributed by atoms with van der Waals surface area (Å²) in [6.45, 7) is 7.81. The number of thiazole rings is 1. The van der Waals surface area contributed by atoms with Crippen molar-refractivity contribution >= 4 is 17.2 Å². The molecular formula is C20H24N4O2S. The number of rotatable bonds is 8. The number of aryl methyl sites for hydroxylation is 2. The molecule has 1 N–H and O–H groups in total. The topological polar surface area (TPSA) is 69.0 Å². The van der Waals surface area contributed by atoms with Crippen LogP contribution < -0.4 is 10.1 Å². The summed E-state index contributed by atoms with van der Waals surface area (Å²) in [5.74, 6) is 0.688. The van der Waals surface area contributed by atoms with Gasteiger partial charge in [-0.05, 0) is 38.0 Å². The molecule has 0 aliphatic heterocycles. The highest BCUT2D eigenvalue weighted by atomic mass is 32.1. The zero-order valence-corrected chi connectivity index (χ0v) is 16.6. The minimum atomic E-state index is -0.135. The quantitative estimate of drug-likeness (QED) is 0.644. The molecular weight excluding hydrogens is 360 g/mol. The van der Waals surface area contributed by atoms with Crippen molar-refractivity contribution in [3.8, 4) is 5.75 Å². The van der Waals surface area contributed by atoms with E-state index in [-0.39, 0.29) is 11.8 Å². The second-order valence-corrected chi connectivity index (χ2v) is 7.41. The number of hydrogen-bond acceptors (Lipinski definition) is 5. The molecule has 0 aliphatic rings. The number of para-hydroxylation sites is 1. The van der Waals surface area contributed by atoms with Gasteiger partial charge in [0.05, 0.1) is 22.5 Å². The van der Waals surface area contributed by atoms with Gasteiger partial charge in [0.1, 0.15) is 12.4 Å². The van der Waals surface area contributed by atoms with Crippen LogP contribution in [0.3, 0.4) is 0 Å². The van der Waals surface area contributed by atoms with Crippen LogP contribution in [-0.4, -0.2) is 27.2 Å². The number of hydrogen-bond donors (Lipinski definition) is 1. The summed E-state index contributed by atoms with van der Waals surface area (Å²) >= 11 is 1.52. The van der Waals surface area contributed by atoms with Crippen molar-refractivity contribution in [3.05, 3.63) is 63.9 Å². The molecule has 0 radical (unpaired) electrons. The van der Waals surface area contributed by atoms with E-state index in [9.17, 15) is 4.79 Å². The maximum atomic E-state index is 12.6. The summed E-state index contributed by atoms with van der Waals surface area (Å²) in [5, 5.41) is 9.42. The monoisotopic (exact) mass is 384 g/mol. The van der Waals surface area contributed by atoms with Gasteiger partial charge in [-0.3, -0.25) is 9.48 Å². The van der Waals surface area contributed by atoms with Crippen LogP contribution in [0, 0.1) is 19.8 Å². The van der Waals surface area contributed by atoms with E-state index in [1.807, 2.05) is 36.0 Å². The van der Waals surface area contributed by atoms with E-state index >= 15 is 0 Å². The predicted octanol–water partition coefficient (Wildman–Crippen LogP) is 3.60. The average Bonchev–Trinajstić information content (AvgIpc) is 3.28. The van der Waals surface area contributed by atoms with Crippen LogP contribution in [0.25, 0.3) is 0 Å². The first-order valence-electron chi connectivity index (χ1n) is 8.91. The lowest BCUT2D eigenvalue weighted by atomic mass is 10.1. The van der Waals surface area contributed by atoms with Crippen molar-refractivity contribution in [2.75, 3.05) is 6.54 Å². The first kappa shape index (κ1) is 19.1. The van der Waals surface area contributed by atoms with Crippen LogP contribution in [0.5, 0.6) is 5.75 Å². The van der Waals surface area contributed by atoms with Gasteiger partial charge in [-0.2, -0.15) is 5.10 Å². The molecule has 1 unspecified atom stereocenters. The predicted molar refractivity (Wildman–Crippen MR) is 106 cm³/mol. The Hall–Kier alpha value is -2.67. The van der Waals surface area contributed by atoms with E-state index in [1.165, 1.54) is 11.3 Å². The van der Waals surface area contributed by atoms with Gasteiger partial charge in [-0.25, -0.2) is 4.98 Å². The van der Waals surface area contributed by atoms with E-state index in [4.69, 9.17) is 4.74 Å². The number of carbonyl (C=O) groups is 1. The van der Waals surface area contributed by atoms with E-state index in [0.29, 0.717) is 24.5 Å². The molecule has 0 fully saturated rings. The van der Waals surface area contributed by atoms with Gasteiger partial charge < -0.3 is 10.1 Å². The summed E-state index contributed by atoms with van der Waals surface area (Å²) in [6, 6.07) is 9.34. The number of ether oxygens (including phenoxy) is 1. The minimum absolute atomic E-state index is 0.135. The first-order valence-corrected chi connectivity index (χ1v) is 9.85. The third-order valence-electron chi connectivity index (χ3n) is 4.19. The maximum absolute atomic E-state index is 12.6. The standard InChI is InChI=1S/C20H24N4O2S/c1-14(10-24-16(3)8-15(2)23-24)9-21-20(25)18-6-4-5-7-19(18)26-11-17-12-27-13-22-17/h4-8,12-14H,9-11H2,1-3H3,(H,21,25). The molecule has 1 atom stereocenters. The molecule has 1 aromatic carbocycles. The molecule has 0 aliphatic carbocycles. The Bertz CT molecular complexity index is 889. The third kappa shape index (κ3) is 5.17. The number of amides is 1. The van der Waals surface area contributed by atoms with Crippen LogP contribution in [0.2, 0.25) is 0 Å². The molecule has 1 amide bonds. The molecule has 0 saturated heterocycles. The summed E-state index contributed by atoms with van der Waals surface area (Å²) < 4.78 is 7.78. The van der Waals surface area contributed by atoms with Gasteiger partial charge in [-0.15, -0.1) is 11.3 Å². The SMILES string of the molecule is Cc1cc(C)n(CC(C)CNC(=O)c2ccccc2OCc2cscn2)n1. The van der Waals surface area contributed by atoms with Crippen LogP contribution in [-0.2, 0) is 13.2 Å². The molecule has 142 valence electrons. The lowest BCUT2D eigenvalue weighted by Gasteiger charge is -2.15. The van der Waals surface area contributed by atoms with Crippen LogP contribution >= 0.6 is 11.3 Å². The normalized spacial score (nSPS) is 12.0. The molecule has 2 aromatic heterocycles. The highest BCUT2D eigenvalue weighted by Gasteiger charge is 2.14. The number of nitrogens with zero attached hydrogens (tertiary/aromatic N) is 3.